The summed E-state index contributed by atoms with van der Waals surface area (Å²) < 4.78 is 5.23. The molecule has 1 fully saturated rings. The monoisotopic (exact) mass is 383 g/mol. The zero-order valence-corrected chi connectivity index (χ0v) is 14.5. The Morgan fingerprint density at radius 3 is 2.11 bits per heavy atom. The van der Waals surface area contributed by atoms with E-state index in [0.717, 1.165) is 20.8 Å². The van der Waals surface area contributed by atoms with Crippen molar-refractivity contribution in [2.75, 3.05) is 0 Å². The molecule has 27 heavy (non-hydrogen) atoms. The second-order valence-electron chi connectivity index (χ2n) is 6.21. The van der Waals surface area contributed by atoms with Crippen molar-refractivity contribution in [2.24, 2.45) is 10.7 Å². The van der Waals surface area contributed by atoms with Crippen LogP contribution in [0.1, 0.15) is 20.8 Å². The molecule has 0 radical (unpaired) electrons. The molecule has 1 unspecified atom stereocenters. The highest BCUT2D eigenvalue weighted by Gasteiger charge is 2.75. The highest BCUT2D eigenvalue weighted by Crippen LogP contribution is 2.45. The number of carbonyl (C=O) groups excluding carboxylic acids is 4. The number of aliphatic imine (C=N–C) groups is 1. The predicted octanol–water partition coefficient (Wildman–Crippen LogP) is -4.46. The number of ether oxygens (including phenoxy) is 1. The van der Waals surface area contributed by atoms with Crippen LogP contribution in [0.3, 0.4) is 0 Å². The molecule has 0 aromatic rings. The number of aliphatic hydroxyl groups excluding tert-OH is 1. The summed E-state index contributed by atoms with van der Waals surface area (Å²) in [4.78, 5) is 50.8. The van der Waals surface area contributed by atoms with Gasteiger partial charge in [-0.15, -0.1) is 4.90 Å². The van der Waals surface area contributed by atoms with Crippen LogP contribution in [0.4, 0.5) is 0 Å². The second kappa shape index (κ2) is 6.44. The molecule has 5 N–H and O–H groups in total. The van der Waals surface area contributed by atoms with Crippen molar-refractivity contribution >= 4 is 29.6 Å². The van der Waals surface area contributed by atoms with E-state index in [4.69, 9.17) is 10.5 Å². The number of amides is 1. The maximum atomic E-state index is 12.3. The zero-order valence-electron chi connectivity index (χ0n) is 14.5. The number of nitrogens with two attached hydrogens (primary N) is 1. The van der Waals surface area contributed by atoms with Gasteiger partial charge in [-0.25, -0.2) is 4.79 Å². The summed E-state index contributed by atoms with van der Waals surface area (Å²) in [5.74, 6) is -5.83. The first kappa shape index (κ1) is 20.6. The number of ketones is 3. The Bertz CT molecular complexity index is 791. The molecule has 1 saturated heterocycles. The zero-order chi connectivity index (χ0) is 20.9. The molecule has 5 atom stereocenters. The summed E-state index contributed by atoms with van der Waals surface area (Å²) in [6, 6.07) is 0. The fourth-order valence-corrected chi connectivity index (χ4v) is 3.05. The largest absolute Gasteiger partial charge is 0.789 e. The summed E-state index contributed by atoms with van der Waals surface area (Å²) >= 11 is 0. The predicted molar refractivity (Wildman–Crippen MR) is 82.1 cm³/mol. The number of rotatable bonds is 6. The van der Waals surface area contributed by atoms with Crippen molar-refractivity contribution in [3.05, 3.63) is 11.6 Å². The van der Waals surface area contributed by atoms with Crippen molar-refractivity contribution in [3.63, 3.8) is 0 Å². The van der Waals surface area contributed by atoms with E-state index in [1.54, 1.807) is 0 Å². The van der Waals surface area contributed by atoms with Crippen molar-refractivity contribution in [1.29, 1.82) is 0 Å². The van der Waals surface area contributed by atoms with Crippen LogP contribution in [-0.2, 0) is 23.9 Å². The fourth-order valence-electron chi connectivity index (χ4n) is 3.05. The summed E-state index contributed by atoms with van der Waals surface area (Å²) in [6.07, 6.45) is -4.35. The van der Waals surface area contributed by atoms with Gasteiger partial charge in [0.2, 0.25) is 11.8 Å². The maximum absolute atomic E-state index is 12.3. The molecule has 0 aromatic heterocycles. The van der Waals surface area contributed by atoms with E-state index in [1.165, 1.54) is 0 Å². The van der Waals surface area contributed by atoms with E-state index in [9.17, 15) is 39.6 Å². The average Bonchev–Trinajstić information content (AvgIpc) is 3.05. The van der Waals surface area contributed by atoms with Crippen molar-refractivity contribution < 1.29 is 44.3 Å². The maximum Gasteiger partial charge on any atom is 0.339 e. The van der Waals surface area contributed by atoms with Gasteiger partial charge in [0.25, 0.3) is 6.34 Å². The number of hydrogen-bond donors (Lipinski definition) is 4. The molecule has 2 aliphatic rings. The molecule has 0 spiro atoms. The third-order valence-corrected chi connectivity index (χ3v) is 4.56. The highest BCUT2D eigenvalue weighted by molar-refractivity contribution is 6.01. The number of hydrogen-bond acceptors (Lipinski definition) is 11. The van der Waals surface area contributed by atoms with Gasteiger partial charge in [0.05, 0.1) is 0 Å². The molecule has 2 aliphatic heterocycles. The minimum Gasteiger partial charge on any atom is -0.789 e. The standard InChI is InChI=1S/C15H17N3O9/c1-5(19)9(22)10-14(25,6(2)20)15(26,7(3)21)13(27-10)18-4-17-8(11(16)23)12(18)24/h9-10,13,22,25-26H,1-3H3,(H2-,16,23,24)/t9?,10-,13-,14-,15+/m1/s1. The molecule has 12 nitrogen and oxygen atoms in total. The van der Waals surface area contributed by atoms with Gasteiger partial charge in [-0.05, 0) is 25.8 Å². The van der Waals surface area contributed by atoms with E-state index in [1.807, 2.05) is 6.34 Å². The molecule has 146 valence electrons. The van der Waals surface area contributed by atoms with Crippen LogP contribution in [0.15, 0.2) is 16.6 Å². The Morgan fingerprint density at radius 1 is 1.22 bits per heavy atom. The van der Waals surface area contributed by atoms with Crippen LogP contribution in [0, 0.1) is 0 Å². The quantitative estimate of drug-likeness (QED) is 0.324. The molecule has 0 aliphatic carbocycles. The summed E-state index contributed by atoms with van der Waals surface area (Å²) in [5.41, 5.74) is -2.02. The molecule has 12 heteroatoms. The molecule has 0 aromatic carbocycles. The van der Waals surface area contributed by atoms with E-state index < -0.39 is 64.5 Å². The molecule has 2 rings (SSSR count). The van der Waals surface area contributed by atoms with Gasteiger partial charge in [0.1, 0.15) is 12.2 Å². The van der Waals surface area contributed by atoms with Crippen molar-refractivity contribution in [2.45, 2.75) is 50.4 Å². The molecular weight excluding hydrogens is 366 g/mol. The first-order valence-corrected chi connectivity index (χ1v) is 7.59. The van der Waals surface area contributed by atoms with Gasteiger partial charge < -0.3 is 30.9 Å². The molecular formula is C15H17N3O9. The van der Waals surface area contributed by atoms with Gasteiger partial charge in [-0.2, -0.15) is 0 Å². The number of Topliss-reactive ketones (excluding diaryl/α,β-unsaturated/α-hetero) is 3. The smallest absolute Gasteiger partial charge is 0.339 e. The van der Waals surface area contributed by atoms with Crippen LogP contribution in [0.2, 0.25) is 0 Å². The summed E-state index contributed by atoms with van der Waals surface area (Å²) in [5, 5.41) is 44.2. The summed E-state index contributed by atoms with van der Waals surface area (Å²) in [7, 11) is 0. The van der Waals surface area contributed by atoms with Crippen LogP contribution in [-0.4, -0.2) is 79.5 Å². The normalized spacial score (nSPS) is 33.8. The highest BCUT2D eigenvalue weighted by atomic mass is 16.6. The molecule has 1 amide bonds. The number of primary amides is 1. The third kappa shape index (κ3) is 2.62. The lowest BCUT2D eigenvalue weighted by Crippen LogP contribution is -2.70. The van der Waals surface area contributed by atoms with Crippen LogP contribution in [0.25, 0.3) is 0 Å². The first-order chi connectivity index (χ1) is 12.3. The minimum atomic E-state index is -3.11. The summed E-state index contributed by atoms with van der Waals surface area (Å²) in [6.45, 7) is 2.51. The SMILES string of the molecule is CC(=O)C(O)[C@H]1O[C@@H](N2[C+]=NC(C(N)=O)=C2[O-])[C@@](O)(C(C)=O)[C@@]1(O)C(C)=O. The van der Waals surface area contributed by atoms with E-state index >= 15 is 0 Å². The van der Waals surface area contributed by atoms with Crippen LogP contribution >= 0.6 is 0 Å². The van der Waals surface area contributed by atoms with E-state index in [2.05, 4.69) is 4.99 Å². The van der Waals surface area contributed by atoms with Gasteiger partial charge >= 0.3 is 11.6 Å². The van der Waals surface area contributed by atoms with Crippen molar-refractivity contribution in [1.82, 2.24) is 4.90 Å². The third-order valence-electron chi connectivity index (χ3n) is 4.56. The first-order valence-electron chi connectivity index (χ1n) is 7.59. The van der Waals surface area contributed by atoms with Crippen LogP contribution in [0.5, 0.6) is 0 Å². The van der Waals surface area contributed by atoms with E-state index in [-0.39, 0.29) is 0 Å². The second-order valence-corrected chi connectivity index (χ2v) is 6.21. The van der Waals surface area contributed by atoms with Gasteiger partial charge in [0.15, 0.2) is 28.8 Å². The topological polar surface area (TPSA) is 203 Å². The van der Waals surface area contributed by atoms with Crippen molar-refractivity contribution in [3.8, 4) is 0 Å². The molecule has 0 bridgehead atoms. The Morgan fingerprint density at radius 2 is 1.74 bits per heavy atom. The van der Waals surface area contributed by atoms with Gasteiger partial charge in [0, 0.05) is 0 Å². The van der Waals surface area contributed by atoms with E-state index in [0.29, 0.717) is 4.90 Å². The Labute approximate surface area is 152 Å². The number of aliphatic hydroxyl groups is 3. The number of nitrogens with zero attached hydrogens (tertiary/aromatic N) is 2. The minimum absolute atomic E-state index is 0.349. The van der Waals surface area contributed by atoms with Gasteiger partial charge in [-0.1, -0.05) is 0 Å². The molecule has 0 saturated carbocycles. The lowest BCUT2D eigenvalue weighted by Gasteiger charge is -2.38. The Balaban J connectivity index is 2.68. The fraction of sp³-hybridized carbons (Fsp3) is 0.533. The number of carbonyl (C=O) groups is 4. The molecule has 2 heterocycles. The average molecular weight is 383 g/mol. The lowest BCUT2D eigenvalue weighted by atomic mass is 9.73. The lowest BCUT2D eigenvalue weighted by molar-refractivity contribution is -0.337. The Hall–Kier alpha value is -2.76. The Kier molecular flexibility index (Phi) is 4.90. The van der Waals surface area contributed by atoms with Gasteiger partial charge in [-0.3, -0.25) is 14.4 Å². The van der Waals surface area contributed by atoms with Crippen LogP contribution < -0.4 is 10.8 Å².